The van der Waals surface area contributed by atoms with E-state index in [2.05, 4.69) is 20.6 Å². The number of fused-ring (bicyclic) bond motifs is 1. The highest BCUT2D eigenvalue weighted by Crippen LogP contribution is 2.27. The molecule has 0 aliphatic heterocycles. The third kappa shape index (κ3) is 3.08. The molecule has 3 aromatic rings. The van der Waals surface area contributed by atoms with E-state index in [1.807, 2.05) is 37.3 Å². The smallest absolute Gasteiger partial charge is 0.229 e. The fourth-order valence-electron chi connectivity index (χ4n) is 2.14. The van der Waals surface area contributed by atoms with E-state index >= 15 is 0 Å². The first-order valence-corrected chi connectivity index (χ1v) is 7.65. The van der Waals surface area contributed by atoms with Gasteiger partial charge in [-0.3, -0.25) is 0 Å². The minimum Gasteiger partial charge on any atom is -0.370 e. The molecule has 3 rings (SSSR count). The van der Waals surface area contributed by atoms with Crippen molar-refractivity contribution >= 4 is 51.6 Å². The van der Waals surface area contributed by atoms with E-state index in [9.17, 15) is 0 Å². The van der Waals surface area contributed by atoms with E-state index in [0.29, 0.717) is 16.0 Å². The van der Waals surface area contributed by atoms with Crippen LogP contribution in [0.5, 0.6) is 0 Å². The average molecular weight is 333 g/mol. The Labute approximate surface area is 138 Å². The number of benzene rings is 2. The normalized spacial score (nSPS) is 10.7. The van der Waals surface area contributed by atoms with Crippen molar-refractivity contribution in [1.82, 2.24) is 9.97 Å². The number of hydrogen-bond acceptors (Lipinski definition) is 4. The highest BCUT2D eigenvalue weighted by molar-refractivity contribution is 6.42. The van der Waals surface area contributed by atoms with Crippen LogP contribution in [-0.2, 0) is 0 Å². The molecule has 0 atom stereocenters. The molecule has 0 aliphatic carbocycles. The maximum Gasteiger partial charge on any atom is 0.229 e. The van der Waals surface area contributed by atoms with Gasteiger partial charge in [0.1, 0.15) is 5.82 Å². The highest BCUT2D eigenvalue weighted by atomic mass is 35.5. The van der Waals surface area contributed by atoms with Gasteiger partial charge in [0.05, 0.1) is 15.6 Å². The van der Waals surface area contributed by atoms with Gasteiger partial charge in [0, 0.05) is 17.6 Å². The molecule has 4 nitrogen and oxygen atoms in total. The van der Waals surface area contributed by atoms with Crippen molar-refractivity contribution < 1.29 is 0 Å². The van der Waals surface area contributed by atoms with Crippen LogP contribution < -0.4 is 10.6 Å². The third-order valence-electron chi connectivity index (χ3n) is 3.12. The lowest BCUT2D eigenvalue weighted by Crippen LogP contribution is -2.04. The van der Waals surface area contributed by atoms with Gasteiger partial charge < -0.3 is 10.6 Å². The van der Waals surface area contributed by atoms with E-state index < -0.39 is 0 Å². The molecule has 0 bridgehead atoms. The van der Waals surface area contributed by atoms with E-state index in [0.717, 1.165) is 29.0 Å². The second-order valence-corrected chi connectivity index (χ2v) is 5.51. The third-order valence-corrected chi connectivity index (χ3v) is 3.86. The van der Waals surface area contributed by atoms with Gasteiger partial charge in [0.2, 0.25) is 5.95 Å². The van der Waals surface area contributed by atoms with Gasteiger partial charge in [-0.2, -0.15) is 4.98 Å². The fraction of sp³-hybridized carbons (Fsp3) is 0.125. The first-order chi connectivity index (χ1) is 10.7. The molecular weight excluding hydrogens is 319 g/mol. The zero-order valence-corrected chi connectivity index (χ0v) is 13.4. The summed E-state index contributed by atoms with van der Waals surface area (Å²) in [6, 6.07) is 13.2. The van der Waals surface area contributed by atoms with Crippen molar-refractivity contribution in [2.24, 2.45) is 0 Å². The number of rotatable bonds is 4. The molecule has 1 heterocycles. The van der Waals surface area contributed by atoms with E-state index in [-0.39, 0.29) is 0 Å². The van der Waals surface area contributed by atoms with Gasteiger partial charge in [-0.15, -0.1) is 0 Å². The van der Waals surface area contributed by atoms with Crippen molar-refractivity contribution in [2.75, 3.05) is 17.2 Å². The lowest BCUT2D eigenvalue weighted by atomic mass is 10.2. The van der Waals surface area contributed by atoms with Crippen molar-refractivity contribution in [1.29, 1.82) is 0 Å². The zero-order valence-electron chi connectivity index (χ0n) is 11.9. The number of aromatic nitrogens is 2. The highest BCUT2D eigenvalue weighted by Gasteiger charge is 2.07. The average Bonchev–Trinajstić information content (AvgIpc) is 2.51. The molecule has 22 heavy (non-hydrogen) atoms. The van der Waals surface area contributed by atoms with Gasteiger partial charge in [-0.25, -0.2) is 4.98 Å². The number of halogens is 2. The zero-order chi connectivity index (χ0) is 15.5. The summed E-state index contributed by atoms with van der Waals surface area (Å²) < 4.78 is 0. The van der Waals surface area contributed by atoms with Crippen LogP contribution in [0, 0.1) is 0 Å². The molecule has 0 aliphatic rings. The Balaban J connectivity index is 2.01. The molecule has 0 amide bonds. The Hall–Kier alpha value is -2.04. The van der Waals surface area contributed by atoms with Crippen LogP contribution in [0.25, 0.3) is 10.9 Å². The number of hydrogen-bond donors (Lipinski definition) is 2. The van der Waals surface area contributed by atoms with Crippen LogP contribution in [0.2, 0.25) is 10.0 Å². The Bertz CT molecular complexity index is 820. The SMILES string of the molecule is CCNc1nc(Nc2ccc(Cl)c(Cl)c2)nc2ccccc12. The number of nitrogens with zero attached hydrogens (tertiary/aromatic N) is 2. The molecule has 6 heteroatoms. The second-order valence-electron chi connectivity index (χ2n) is 4.70. The Kier molecular flexibility index (Phi) is 4.32. The van der Waals surface area contributed by atoms with Crippen LogP contribution in [0.3, 0.4) is 0 Å². The molecule has 0 radical (unpaired) electrons. The van der Waals surface area contributed by atoms with Crippen LogP contribution >= 0.6 is 23.2 Å². The van der Waals surface area contributed by atoms with Gasteiger partial charge in [-0.1, -0.05) is 35.3 Å². The van der Waals surface area contributed by atoms with Crippen molar-refractivity contribution in [2.45, 2.75) is 6.92 Å². The maximum atomic E-state index is 6.03. The largest absolute Gasteiger partial charge is 0.370 e. The number of nitrogens with one attached hydrogen (secondary N) is 2. The predicted molar refractivity (Wildman–Crippen MR) is 93.4 cm³/mol. The summed E-state index contributed by atoms with van der Waals surface area (Å²) >= 11 is 12.0. The molecule has 2 N–H and O–H groups in total. The Morgan fingerprint density at radius 1 is 1.00 bits per heavy atom. The molecule has 112 valence electrons. The summed E-state index contributed by atoms with van der Waals surface area (Å²) in [6.07, 6.45) is 0. The summed E-state index contributed by atoms with van der Waals surface area (Å²) in [5.41, 5.74) is 1.66. The first kappa shape index (κ1) is 14.9. The molecule has 2 aromatic carbocycles. The Morgan fingerprint density at radius 2 is 1.82 bits per heavy atom. The molecule has 0 saturated heterocycles. The van der Waals surface area contributed by atoms with Gasteiger partial charge in [0.25, 0.3) is 0 Å². The lowest BCUT2D eigenvalue weighted by Gasteiger charge is -2.11. The summed E-state index contributed by atoms with van der Waals surface area (Å²) in [4.78, 5) is 9.06. The summed E-state index contributed by atoms with van der Waals surface area (Å²) in [5, 5.41) is 8.41. The molecular formula is C16H14Cl2N4. The van der Waals surface area contributed by atoms with Gasteiger partial charge >= 0.3 is 0 Å². The van der Waals surface area contributed by atoms with Crippen molar-refractivity contribution in [3.05, 3.63) is 52.5 Å². The van der Waals surface area contributed by atoms with E-state index in [1.54, 1.807) is 12.1 Å². The predicted octanol–water partition coefficient (Wildman–Crippen LogP) is 5.11. The second kappa shape index (κ2) is 6.38. The monoisotopic (exact) mass is 332 g/mol. The molecule has 0 unspecified atom stereocenters. The standard InChI is InChI=1S/C16H14Cl2N4/c1-2-19-15-11-5-3-4-6-14(11)21-16(22-15)20-10-7-8-12(17)13(18)9-10/h3-9H,2H2,1H3,(H2,19,20,21,22). The minimum atomic E-state index is 0.486. The quantitative estimate of drug-likeness (QED) is 0.696. The van der Waals surface area contributed by atoms with Crippen LogP contribution in [0.4, 0.5) is 17.5 Å². The summed E-state index contributed by atoms with van der Waals surface area (Å²) in [5.74, 6) is 1.31. The van der Waals surface area contributed by atoms with E-state index in [1.165, 1.54) is 0 Å². The molecule has 0 spiro atoms. The van der Waals surface area contributed by atoms with Crippen molar-refractivity contribution in [3.63, 3.8) is 0 Å². The molecule has 0 fully saturated rings. The topological polar surface area (TPSA) is 49.8 Å². The first-order valence-electron chi connectivity index (χ1n) is 6.90. The fourth-order valence-corrected chi connectivity index (χ4v) is 2.44. The molecule has 1 aromatic heterocycles. The summed E-state index contributed by atoms with van der Waals surface area (Å²) in [6.45, 7) is 2.82. The Morgan fingerprint density at radius 3 is 2.59 bits per heavy atom. The van der Waals surface area contributed by atoms with Crippen molar-refractivity contribution in [3.8, 4) is 0 Å². The minimum absolute atomic E-state index is 0.486. The molecule has 0 saturated carbocycles. The van der Waals surface area contributed by atoms with Crippen LogP contribution in [0.15, 0.2) is 42.5 Å². The van der Waals surface area contributed by atoms with Crippen LogP contribution in [-0.4, -0.2) is 16.5 Å². The van der Waals surface area contributed by atoms with Gasteiger partial charge in [0.15, 0.2) is 0 Å². The maximum absolute atomic E-state index is 6.03. The van der Waals surface area contributed by atoms with E-state index in [4.69, 9.17) is 23.2 Å². The number of para-hydroxylation sites is 1. The lowest BCUT2D eigenvalue weighted by molar-refractivity contribution is 1.14. The summed E-state index contributed by atoms with van der Waals surface area (Å²) in [7, 11) is 0. The van der Waals surface area contributed by atoms with Gasteiger partial charge in [-0.05, 0) is 37.3 Å². The number of anilines is 3. The van der Waals surface area contributed by atoms with Crippen LogP contribution in [0.1, 0.15) is 6.92 Å².